The highest BCUT2D eigenvalue weighted by atomic mass is 16.5. The maximum absolute atomic E-state index is 13.5. The average Bonchev–Trinajstić information content (AvgIpc) is 3.25. The molecule has 0 atom stereocenters. The summed E-state index contributed by atoms with van der Waals surface area (Å²) in [5, 5.41) is 0. The average molecular weight is 448 g/mol. The molecule has 33 heavy (non-hydrogen) atoms. The number of carbonyl (C=O) groups excluding carboxylic acids is 2. The maximum Gasteiger partial charge on any atom is 0.254 e. The van der Waals surface area contributed by atoms with Gasteiger partial charge in [0.25, 0.3) is 5.91 Å². The number of nitrogens with zero attached hydrogens (tertiary/aromatic N) is 3. The molecule has 0 N–H and O–H groups in total. The summed E-state index contributed by atoms with van der Waals surface area (Å²) in [6.07, 6.45) is 2.88. The van der Waals surface area contributed by atoms with Gasteiger partial charge in [-0.2, -0.15) is 0 Å². The molecule has 0 aliphatic carbocycles. The van der Waals surface area contributed by atoms with Crippen molar-refractivity contribution in [2.75, 3.05) is 26.8 Å². The monoisotopic (exact) mass is 447 g/mol. The molecule has 1 heterocycles. The Labute approximate surface area is 196 Å². The van der Waals surface area contributed by atoms with Gasteiger partial charge in [0.2, 0.25) is 5.91 Å². The zero-order chi connectivity index (χ0) is 23.6. The van der Waals surface area contributed by atoms with E-state index >= 15 is 0 Å². The quantitative estimate of drug-likeness (QED) is 0.448. The molecule has 3 rings (SSSR count). The van der Waals surface area contributed by atoms with Crippen molar-refractivity contribution in [3.63, 3.8) is 0 Å². The molecule has 0 fully saturated rings. The second-order valence-corrected chi connectivity index (χ2v) is 8.12. The summed E-state index contributed by atoms with van der Waals surface area (Å²) in [4.78, 5) is 30.1. The van der Waals surface area contributed by atoms with Crippen molar-refractivity contribution in [2.45, 2.75) is 26.4 Å². The van der Waals surface area contributed by atoms with E-state index in [2.05, 4.69) is 6.92 Å². The van der Waals surface area contributed by atoms with Gasteiger partial charge in [-0.25, -0.2) is 0 Å². The molecular weight excluding hydrogens is 414 g/mol. The minimum atomic E-state index is -0.165. The van der Waals surface area contributed by atoms with Crippen molar-refractivity contribution in [2.24, 2.45) is 7.05 Å². The lowest BCUT2D eigenvalue weighted by atomic mass is 10.1. The van der Waals surface area contributed by atoms with Crippen molar-refractivity contribution in [1.29, 1.82) is 0 Å². The van der Waals surface area contributed by atoms with E-state index < -0.39 is 0 Å². The van der Waals surface area contributed by atoms with Gasteiger partial charge in [-0.15, -0.1) is 0 Å². The lowest BCUT2D eigenvalue weighted by molar-refractivity contribution is -0.133. The third-order valence-corrected chi connectivity index (χ3v) is 5.76. The van der Waals surface area contributed by atoms with Crippen LogP contribution in [0.1, 0.15) is 34.1 Å². The van der Waals surface area contributed by atoms with Crippen molar-refractivity contribution in [3.8, 4) is 0 Å². The predicted octanol–water partition coefficient (Wildman–Crippen LogP) is 3.91. The summed E-state index contributed by atoms with van der Waals surface area (Å²) < 4.78 is 7.22. The van der Waals surface area contributed by atoms with Gasteiger partial charge in [-0.3, -0.25) is 9.59 Å². The summed E-state index contributed by atoms with van der Waals surface area (Å²) in [5.41, 5.74) is 3.82. The Balaban J connectivity index is 1.80. The van der Waals surface area contributed by atoms with E-state index in [1.165, 1.54) is 5.56 Å². The second-order valence-electron chi connectivity index (χ2n) is 8.12. The molecule has 174 valence electrons. The first-order valence-corrected chi connectivity index (χ1v) is 11.3. The van der Waals surface area contributed by atoms with E-state index in [9.17, 15) is 9.59 Å². The highest BCUT2D eigenvalue weighted by Gasteiger charge is 2.23. The molecular formula is C27H33N3O3. The molecule has 0 radical (unpaired) electrons. The first-order chi connectivity index (χ1) is 16.0. The molecule has 0 aliphatic rings. The van der Waals surface area contributed by atoms with E-state index in [-0.39, 0.29) is 18.4 Å². The number of ether oxygens (including phenoxy) is 1. The molecule has 0 bridgehead atoms. The molecule has 3 aromatic rings. The van der Waals surface area contributed by atoms with Crippen molar-refractivity contribution >= 4 is 11.8 Å². The highest BCUT2D eigenvalue weighted by Crippen LogP contribution is 2.13. The Morgan fingerprint density at radius 1 is 0.879 bits per heavy atom. The molecule has 0 saturated carbocycles. The SMILES string of the molecule is CCc1ccc(C(=O)N(CCOC)CC(=O)N(Cc2ccccc2)Cc2cccn2C)cc1. The zero-order valence-corrected chi connectivity index (χ0v) is 19.7. The van der Waals surface area contributed by atoms with Crippen LogP contribution in [0.4, 0.5) is 0 Å². The van der Waals surface area contributed by atoms with E-state index in [0.717, 1.165) is 17.7 Å². The number of rotatable bonds is 11. The summed E-state index contributed by atoms with van der Waals surface area (Å²) >= 11 is 0. The van der Waals surface area contributed by atoms with Crippen LogP contribution < -0.4 is 0 Å². The first-order valence-electron chi connectivity index (χ1n) is 11.3. The van der Waals surface area contributed by atoms with Crippen molar-refractivity contribution in [1.82, 2.24) is 14.4 Å². The van der Waals surface area contributed by atoms with Crippen LogP contribution in [0.15, 0.2) is 72.9 Å². The fraction of sp³-hybridized carbons (Fsp3) is 0.333. The lowest BCUT2D eigenvalue weighted by Gasteiger charge is -2.28. The summed E-state index contributed by atoms with van der Waals surface area (Å²) in [6, 6.07) is 21.5. The Morgan fingerprint density at radius 3 is 2.21 bits per heavy atom. The Bertz CT molecular complexity index is 1030. The Hall–Kier alpha value is -3.38. The molecule has 0 spiro atoms. The highest BCUT2D eigenvalue weighted by molar-refractivity contribution is 5.96. The van der Waals surface area contributed by atoms with Gasteiger partial charge >= 0.3 is 0 Å². The molecule has 6 heteroatoms. The topological polar surface area (TPSA) is 54.8 Å². The number of methoxy groups -OCH3 is 1. The second kappa shape index (κ2) is 12.0. The van der Waals surface area contributed by atoms with E-state index in [1.54, 1.807) is 16.9 Å². The van der Waals surface area contributed by atoms with Crippen LogP contribution in [0.25, 0.3) is 0 Å². The predicted molar refractivity (Wildman–Crippen MR) is 130 cm³/mol. The number of carbonyl (C=O) groups is 2. The van der Waals surface area contributed by atoms with Crippen LogP contribution >= 0.6 is 0 Å². The molecule has 0 aliphatic heterocycles. The number of benzene rings is 2. The standard InChI is InChI=1S/C27H33N3O3/c1-4-22-12-14-24(15-13-22)27(32)29(17-18-33-3)21-26(31)30(19-23-9-6-5-7-10-23)20-25-11-8-16-28(25)2/h5-16H,4,17-21H2,1-3H3. The fourth-order valence-electron chi connectivity index (χ4n) is 3.68. The van der Waals surface area contributed by atoms with Crippen LogP contribution in [-0.4, -0.2) is 53.0 Å². The number of hydrogen-bond acceptors (Lipinski definition) is 3. The summed E-state index contributed by atoms with van der Waals surface area (Å²) in [6.45, 7) is 3.73. The van der Waals surface area contributed by atoms with Gasteiger partial charge in [0, 0.05) is 44.7 Å². The van der Waals surface area contributed by atoms with E-state index in [4.69, 9.17) is 4.74 Å². The maximum atomic E-state index is 13.5. The fourth-order valence-corrected chi connectivity index (χ4v) is 3.68. The molecule has 1 aromatic heterocycles. The number of amides is 2. The zero-order valence-electron chi connectivity index (χ0n) is 19.7. The molecule has 0 saturated heterocycles. The van der Waals surface area contributed by atoms with Crippen LogP contribution in [0.3, 0.4) is 0 Å². The van der Waals surface area contributed by atoms with Gasteiger partial charge in [-0.1, -0.05) is 49.4 Å². The van der Waals surface area contributed by atoms with Gasteiger partial charge in [0.05, 0.1) is 13.2 Å². The minimum absolute atomic E-state index is 0.00498. The summed E-state index contributed by atoms with van der Waals surface area (Å²) in [5.74, 6) is -0.267. The van der Waals surface area contributed by atoms with Gasteiger partial charge < -0.3 is 19.1 Å². The van der Waals surface area contributed by atoms with Crippen LogP contribution in [0, 0.1) is 0 Å². The number of aryl methyl sites for hydroxylation is 2. The van der Waals surface area contributed by atoms with Crippen LogP contribution in [0.2, 0.25) is 0 Å². The largest absolute Gasteiger partial charge is 0.383 e. The molecule has 6 nitrogen and oxygen atoms in total. The minimum Gasteiger partial charge on any atom is -0.383 e. The number of aromatic nitrogens is 1. The van der Waals surface area contributed by atoms with Crippen molar-refractivity contribution < 1.29 is 14.3 Å². The summed E-state index contributed by atoms with van der Waals surface area (Å²) in [7, 11) is 3.56. The van der Waals surface area contributed by atoms with E-state index in [1.807, 2.05) is 84.5 Å². The lowest BCUT2D eigenvalue weighted by Crippen LogP contribution is -2.44. The third kappa shape index (κ3) is 6.80. The first kappa shape index (κ1) is 24.3. The normalized spacial score (nSPS) is 10.8. The van der Waals surface area contributed by atoms with Gasteiger partial charge in [-0.05, 0) is 41.8 Å². The molecule has 2 aromatic carbocycles. The number of hydrogen-bond donors (Lipinski definition) is 0. The van der Waals surface area contributed by atoms with E-state index in [0.29, 0.717) is 31.8 Å². The van der Waals surface area contributed by atoms with Crippen LogP contribution in [-0.2, 0) is 36.1 Å². The molecule has 2 amide bonds. The van der Waals surface area contributed by atoms with Gasteiger partial charge in [0.1, 0.15) is 6.54 Å². The van der Waals surface area contributed by atoms with Gasteiger partial charge in [0.15, 0.2) is 0 Å². The Morgan fingerprint density at radius 2 is 1.61 bits per heavy atom. The van der Waals surface area contributed by atoms with Crippen LogP contribution in [0.5, 0.6) is 0 Å². The van der Waals surface area contributed by atoms with Crippen molar-refractivity contribution in [3.05, 3.63) is 95.3 Å². The Kier molecular flexibility index (Phi) is 8.84. The smallest absolute Gasteiger partial charge is 0.254 e. The third-order valence-electron chi connectivity index (χ3n) is 5.76. The molecule has 0 unspecified atom stereocenters.